The minimum Gasteiger partial charge on any atom is -0.341 e. The quantitative estimate of drug-likeness (QED) is 0.597. The Labute approximate surface area is 122 Å². The summed E-state index contributed by atoms with van der Waals surface area (Å²) in [7, 11) is 0. The zero-order valence-corrected chi connectivity index (χ0v) is 11.5. The molecule has 4 heteroatoms. The van der Waals surface area contributed by atoms with E-state index in [1.807, 2.05) is 48.5 Å². The van der Waals surface area contributed by atoms with Crippen molar-refractivity contribution < 1.29 is 0 Å². The van der Waals surface area contributed by atoms with Crippen molar-refractivity contribution in [1.82, 2.24) is 19.9 Å². The summed E-state index contributed by atoms with van der Waals surface area (Å²) in [5, 5.41) is 0. The highest BCUT2D eigenvalue weighted by molar-refractivity contribution is 5.76. The maximum atomic E-state index is 4.67. The minimum atomic E-state index is 0.0461. The van der Waals surface area contributed by atoms with Gasteiger partial charge in [0.25, 0.3) is 0 Å². The highest BCUT2D eigenvalue weighted by Crippen LogP contribution is 2.27. The van der Waals surface area contributed by atoms with E-state index in [1.165, 1.54) is 0 Å². The molecule has 4 aromatic rings. The Kier molecular flexibility index (Phi) is 2.74. The number of imidazole rings is 2. The van der Waals surface area contributed by atoms with E-state index in [1.54, 1.807) is 0 Å². The molecule has 0 spiro atoms. The maximum absolute atomic E-state index is 4.67. The molecule has 2 heterocycles. The van der Waals surface area contributed by atoms with Crippen molar-refractivity contribution in [2.45, 2.75) is 12.3 Å². The largest absolute Gasteiger partial charge is 0.341 e. The van der Waals surface area contributed by atoms with Gasteiger partial charge < -0.3 is 9.97 Å². The Bertz CT molecular complexity index is 763. The fourth-order valence-corrected chi connectivity index (χ4v) is 2.68. The van der Waals surface area contributed by atoms with Crippen molar-refractivity contribution in [2.24, 2.45) is 0 Å². The molecule has 0 atom stereocenters. The number of nitrogens with zero attached hydrogens (tertiary/aromatic N) is 2. The van der Waals surface area contributed by atoms with Crippen LogP contribution in [0.3, 0.4) is 0 Å². The highest BCUT2D eigenvalue weighted by atomic mass is 15.0. The normalized spacial score (nSPS) is 11.7. The Hall–Kier alpha value is -2.62. The number of fused-ring (bicyclic) bond motifs is 2. The van der Waals surface area contributed by atoms with Crippen LogP contribution in [0.4, 0.5) is 0 Å². The molecule has 2 aromatic heterocycles. The third-order valence-corrected chi connectivity index (χ3v) is 3.76. The number of hydrogen-bond donors (Lipinski definition) is 2. The molecule has 0 aliphatic heterocycles. The Morgan fingerprint density at radius 3 is 1.71 bits per heavy atom. The lowest BCUT2D eigenvalue weighted by molar-refractivity contribution is 0.728. The van der Waals surface area contributed by atoms with Gasteiger partial charge in [0.15, 0.2) is 0 Å². The van der Waals surface area contributed by atoms with Gasteiger partial charge in [0.1, 0.15) is 11.6 Å². The van der Waals surface area contributed by atoms with Gasteiger partial charge in [-0.25, -0.2) is 9.97 Å². The molecule has 0 saturated heterocycles. The minimum absolute atomic E-state index is 0.0461. The molecule has 21 heavy (non-hydrogen) atoms. The number of aromatic amines is 2. The van der Waals surface area contributed by atoms with Crippen LogP contribution < -0.4 is 0 Å². The summed E-state index contributed by atoms with van der Waals surface area (Å²) < 4.78 is 0. The maximum Gasteiger partial charge on any atom is 0.117 e. The van der Waals surface area contributed by atoms with Crippen molar-refractivity contribution in [2.75, 3.05) is 0 Å². The van der Waals surface area contributed by atoms with E-state index in [0.29, 0.717) is 6.42 Å². The number of nitrogens with one attached hydrogen (secondary N) is 2. The van der Waals surface area contributed by atoms with Crippen LogP contribution in [0.2, 0.25) is 0 Å². The summed E-state index contributed by atoms with van der Waals surface area (Å²) in [6.45, 7) is 4.06. The van der Waals surface area contributed by atoms with Crippen LogP contribution >= 0.6 is 0 Å². The lowest BCUT2D eigenvalue weighted by atomic mass is 10.1. The predicted octanol–water partition coefficient (Wildman–Crippen LogP) is 3.80. The molecule has 0 bridgehead atoms. The van der Waals surface area contributed by atoms with Crippen LogP contribution in [0.25, 0.3) is 22.1 Å². The van der Waals surface area contributed by atoms with Gasteiger partial charge in [0.2, 0.25) is 0 Å². The number of rotatable bonds is 3. The van der Waals surface area contributed by atoms with Crippen molar-refractivity contribution in [3.63, 3.8) is 0 Å². The summed E-state index contributed by atoms with van der Waals surface area (Å²) in [6.07, 6.45) is 0.694. The molecule has 0 aliphatic carbocycles. The number of benzene rings is 2. The SMILES string of the molecule is [CH2]CC(c1nc2ccccc2[nH]1)c1nc2ccccc2[nH]1. The molecular formula is C17H15N4. The van der Waals surface area contributed by atoms with Gasteiger partial charge in [0, 0.05) is 0 Å². The number of para-hydroxylation sites is 4. The summed E-state index contributed by atoms with van der Waals surface area (Å²) in [5.74, 6) is 1.86. The van der Waals surface area contributed by atoms with Crippen LogP contribution in [0.1, 0.15) is 24.0 Å². The summed E-state index contributed by atoms with van der Waals surface area (Å²) in [6, 6.07) is 16.1. The highest BCUT2D eigenvalue weighted by Gasteiger charge is 2.19. The average Bonchev–Trinajstić information content (AvgIpc) is 3.11. The van der Waals surface area contributed by atoms with Crippen molar-refractivity contribution in [1.29, 1.82) is 0 Å². The van der Waals surface area contributed by atoms with Crippen molar-refractivity contribution in [3.05, 3.63) is 67.1 Å². The second-order valence-electron chi connectivity index (χ2n) is 5.12. The van der Waals surface area contributed by atoms with E-state index in [2.05, 4.69) is 26.9 Å². The Morgan fingerprint density at radius 2 is 1.29 bits per heavy atom. The first-order chi connectivity index (χ1) is 10.3. The van der Waals surface area contributed by atoms with Crippen LogP contribution in [0.15, 0.2) is 48.5 Å². The van der Waals surface area contributed by atoms with Gasteiger partial charge in [-0.15, -0.1) is 0 Å². The molecule has 0 unspecified atom stereocenters. The first-order valence-corrected chi connectivity index (χ1v) is 7.03. The van der Waals surface area contributed by atoms with E-state index in [0.717, 1.165) is 33.7 Å². The van der Waals surface area contributed by atoms with Crippen LogP contribution in [0.5, 0.6) is 0 Å². The lowest BCUT2D eigenvalue weighted by Crippen LogP contribution is -2.04. The van der Waals surface area contributed by atoms with Gasteiger partial charge in [0.05, 0.1) is 28.0 Å². The topological polar surface area (TPSA) is 57.4 Å². The number of hydrogen-bond acceptors (Lipinski definition) is 2. The van der Waals surface area contributed by atoms with E-state index in [-0.39, 0.29) is 5.92 Å². The molecular weight excluding hydrogens is 260 g/mol. The third-order valence-electron chi connectivity index (χ3n) is 3.76. The fraction of sp³-hybridized carbons (Fsp3) is 0.118. The van der Waals surface area contributed by atoms with Gasteiger partial charge >= 0.3 is 0 Å². The molecule has 4 nitrogen and oxygen atoms in total. The molecule has 0 aliphatic rings. The van der Waals surface area contributed by atoms with Crippen LogP contribution in [-0.4, -0.2) is 19.9 Å². The summed E-state index contributed by atoms with van der Waals surface area (Å²) >= 11 is 0. The number of aromatic nitrogens is 4. The molecule has 4 rings (SSSR count). The molecule has 1 radical (unpaired) electrons. The van der Waals surface area contributed by atoms with E-state index >= 15 is 0 Å². The zero-order chi connectivity index (χ0) is 14.2. The van der Waals surface area contributed by atoms with Gasteiger partial charge in [-0.05, 0) is 30.7 Å². The van der Waals surface area contributed by atoms with Gasteiger partial charge in [-0.2, -0.15) is 0 Å². The van der Waals surface area contributed by atoms with Crippen molar-refractivity contribution >= 4 is 22.1 Å². The molecule has 2 aromatic carbocycles. The van der Waals surface area contributed by atoms with Gasteiger partial charge in [-0.1, -0.05) is 31.2 Å². The monoisotopic (exact) mass is 275 g/mol. The molecule has 2 N–H and O–H groups in total. The second-order valence-corrected chi connectivity index (χ2v) is 5.12. The van der Waals surface area contributed by atoms with Gasteiger partial charge in [-0.3, -0.25) is 0 Å². The van der Waals surface area contributed by atoms with Crippen LogP contribution in [-0.2, 0) is 0 Å². The van der Waals surface area contributed by atoms with Crippen molar-refractivity contribution in [3.8, 4) is 0 Å². The van der Waals surface area contributed by atoms with E-state index in [9.17, 15) is 0 Å². The lowest BCUT2D eigenvalue weighted by Gasteiger charge is -2.08. The number of H-pyrrole nitrogens is 2. The Morgan fingerprint density at radius 1 is 0.810 bits per heavy atom. The smallest absolute Gasteiger partial charge is 0.117 e. The molecule has 0 amide bonds. The Balaban J connectivity index is 1.83. The zero-order valence-electron chi connectivity index (χ0n) is 11.5. The average molecular weight is 275 g/mol. The van der Waals surface area contributed by atoms with E-state index < -0.39 is 0 Å². The molecule has 0 fully saturated rings. The third kappa shape index (κ3) is 2.00. The second kappa shape index (κ2) is 4.74. The summed E-state index contributed by atoms with van der Waals surface area (Å²) in [4.78, 5) is 16.1. The predicted molar refractivity (Wildman–Crippen MR) is 84.0 cm³/mol. The first kappa shape index (κ1) is 12.1. The standard InChI is InChI=1S/C17H15N4/c1-2-11(16-18-12-7-3-4-8-13(12)19-16)17-20-14-9-5-6-10-15(14)21-17/h3-11H,1-2H2,(H,18,19)(H,20,21). The fourth-order valence-electron chi connectivity index (χ4n) is 2.68. The summed E-state index contributed by atoms with van der Waals surface area (Å²) in [5.41, 5.74) is 4.04. The van der Waals surface area contributed by atoms with E-state index in [4.69, 9.17) is 0 Å². The first-order valence-electron chi connectivity index (χ1n) is 7.03. The van der Waals surface area contributed by atoms with Crippen LogP contribution in [0, 0.1) is 6.92 Å². The molecule has 103 valence electrons. The molecule has 0 saturated carbocycles.